The predicted molar refractivity (Wildman–Crippen MR) is 139 cm³/mol. The second-order valence-corrected chi connectivity index (χ2v) is 12.2. The van der Waals surface area contributed by atoms with Gasteiger partial charge in [-0.1, -0.05) is 39.8 Å². The number of aromatic nitrogens is 2. The molecule has 0 radical (unpaired) electrons. The first-order chi connectivity index (χ1) is 16.1. The molecule has 2 bridgehead atoms. The van der Waals surface area contributed by atoms with Crippen LogP contribution in [-0.4, -0.2) is 52.4 Å². The van der Waals surface area contributed by atoms with Crippen LogP contribution >= 0.6 is 11.5 Å². The van der Waals surface area contributed by atoms with E-state index in [4.69, 9.17) is 9.72 Å². The van der Waals surface area contributed by atoms with Crippen LogP contribution in [0.1, 0.15) is 78.1 Å². The van der Waals surface area contributed by atoms with Gasteiger partial charge < -0.3 is 14.5 Å². The summed E-state index contributed by atoms with van der Waals surface area (Å²) in [5, 5.41) is 0.910. The van der Waals surface area contributed by atoms with E-state index in [0.29, 0.717) is 42.8 Å². The summed E-state index contributed by atoms with van der Waals surface area (Å²) in [4.78, 5) is 22.7. The summed E-state index contributed by atoms with van der Waals surface area (Å²) in [7, 11) is 1.68. The second kappa shape index (κ2) is 9.84. The van der Waals surface area contributed by atoms with Crippen LogP contribution in [0.5, 0.6) is 5.75 Å². The molecule has 1 saturated heterocycles. The summed E-state index contributed by atoms with van der Waals surface area (Å²) in [6, 6.07) is 8.74. The summed E-state index contributed by atoms with van der Waals surface area (Å²) in [5.74, 6) is 1.95. The molecule has 1 amide bonds. The Morgan fingerprint density at radius 1 is 1.32 bits per heavy atom. The van der Waals surface area contributed by atoms with Crippen LogP contribution in [0.15, 0.2) is 24.3 Å². The van der Waals surface area contributed by atoms with E-state index in [1.807, 2.05) is 18.2 Å². The average Bonchev–Trinajstić information content (AvgIpc) is 3.34. The van der Waals surface area contributed by atoms with Crippen LogP contribution in [0, 0.1) is 10.8 Å². The van der Waals surface area contributed by atoms with Crippen LogP contribution in [0.3, 0.4) is 0 Å². The molecule has 2 aliphatic rings. The Hall–Kier alpha value is -2.15. The molecule has 4 rings (SSSR count). The number of carbonyl (C=O) groups excluding carboxylic acids is 1. The first-order valence-electron chi connectivity index (χ1n) is 12.6. The lowest BCUT2D eigenvalue weighted by Gasteiger charge is -2.39. The molecule has 186 valence electrons. The fourth-order valence-electron chi connectivity index (χ4n) is 6.23. The highest BCUT2D eigenvalue weighted by atomic mass is 32.1. The highest BCUT2D eigenvalue weighted by Crippen LogP contribution is 2.52. The molecule has 2 heterocycles. The van der Waals surface area contributed by atoms with Gasteiger partial charge >= 0.3 is 0 Å². The molecular weight excluding hydrogens is 444 g/mol. The first-order valence-corrected chi connectivity index (χ1v) is 13.4. The molecule has 2 fully saturated rings. The monoisotopic (exact) mass is 484 g/mol. The maximum atomic E-state index is 13.3. The van der Waals surface area contributed by atoms with Gasteiger partial charge in [-0.25, -0.2) is 4.98 Å². The van der Waals surface area contributed by atoms with Crippen LogP contribution in [-0.2, 0) is 11.2 Å². The number of ether oxygens (including phenoxy) is 1. The van der Waals surface area contributed by atoms with Gasteiger partial charge in [0, 0.05) is 49.5 Å². The van der Waals surface area contributed by atoms with E-state index < -0.39 is 0 Å². The third-order valence-electron chi connectivity index (χ3n) is 7.62. The largest absolute Gasteiger partial charge is 0.497 e. The Morgan fingerprint density at radius 2 is 2.12 bits per heavy atom. The lowest BCUT2D eigenvalue weighted by Crippen LogP contribution is -2.40. The van der Waals surface area contributed by atoms with Gasteiger partial charge in [0.25, 0.3) is 0 Å². The van der Waals surface area contributed by atoms with Gasteiger partial charge in [0.05, 0.1) is 7.11 Å². The molecule has 1 aliphatic carbocycles. The fourth-order valence-corrected chi connectivity index (χ4v) is 7.05. The van der Waals surface area contributed by atoms with Crippen molar-refractivity contribution >= 4 is 22.6 Å². The van der Waals surface area contributed by atoms with Crippen molar-refractivity contribution in [3.05, 3.63) is 35.7 Å². The number of carbonyl (C=O) groups is 1. The number of methoxy groups -OCH3 is 1. The zero-order valence-electron chi connectivity index (χ0n) is 21.6. The lowest BCUT2D eigenvalue weighted by atomic mass is 9.65. The number of benzene rings is 1. The molecule has 1 aliphatic heterocycles. The predicted octanol–water partition coefficient (Wildman–Crippen LogP) is 5.56. The van der Waals surface area contributed by atoms with Crippen molar-refractivity contribution in [2.75, 3.05) is 25.1 Å². The maximum Gasteiger partial charge on any atom is 0.224 e. The van der Waals surface area contributed by atoms with Crippen LogP contribution in [0.4, 0.5) is 5.13 Å². The van der Waals surface area contributed by atoms with Crippen molar-refractivity contribution in [1.82, 2.24) is 14.3 Å². The van der Waals surface area contributed by atoms with Crippen molar-refractivity contribution in [3.63, 3.8) is 0 Å². The minimum Gasteiger partial charge on any atom is -0.497 e. The Bertz CT molecular complexity index is 1010. The number of fused-ring (bicyclic) bond motifs is 2. The third-order valence-corrected chi connectivity index (χ3v) is 8.42. The normalized spacial score (nSPS) is 24.2. The minimum atomic E-state index is 0.271. The Morgan fingerprint density at radius 3 is 2.85 bits per heavy atom. The Labute approximate surface area is 208 Å². The number of hydrogen-bond donors (Lipinski definition) is 0. The van der Waals surface area contributed by atoms with Gasteiger partial charge in [0.1, 0.15) is 11.6 Å². The topological polar surface area (TPSA) is 58.6 Å². The highest BCUT2D eigenvalue weighted by molar-refractivity contribution is 7.09. The van der Waals surface area contributed by atoms with E-state index in [9.17, 15) is 4.79 Å². The zero-order valence-corrected chi connectivity index (χ0v) is 22.5. The van der Waals surface area contributed by atoms with Gasteiger partial charge in [0.15, 0.2) is 0 Å². The SMILES string of the molecule is CCC(C)N(CCC(=O)N1CC2(C)CC1CC(C)(C)C2)c1nc(Cc2cccc(OC)c2)ns1. The molecular formula is C27H40N4O2S. The molecule has 2 aromatic rings. The molecule has 34 heavy (non-hydrogen) atoms. The summed E-state index contributed by atoms with van der Waals surface area (Å²) in [6.07, 6.45) is 5.68. The molecule has 0 spiro atoms. The van der Waals surface area contributed by atoms with E-state index >= 15 is 0 Å². The molecule has 3 unspecified atom stereocenters. The number of rotatable bonds is 9. The van der Waals surface area contributed by atoms with Crippen LogP contribution in [0.2, 0.25) is 0 Å². The number of amides is 1. The van der Waals surface area contributed by atoms with Crippen molar-refractivity contribution in [3.8, 4) is 5.75 Å². The minimum absolute atomic E-state index is 0.271. The molecule has 6 nitrogen and oxygen atoms in total. The number of likely N-dealkylation sites (tertiary alicyclic amines) is 1. The molecule has 0 N–H and O–H groups in total. The van der Waals surface area contributed by atoms with Crippen LogP contribution < -0.4 is 9.64 Å². The average molecular weight is 485 g/mol. The summed E-state index contributed by atoms with van der Waals surface area (Å²) in [5.41, 5.74) is 1.72. The summed E-state index contributed by atoms with van der Waals surface area (Å²) >= 11 is 1.44. The Kier molecular flexibility index (Phi) is 7.22. The maximum absolute atomic E-state index is 13.3. The number of anilines is 1. The van der Waals surface area contributed by atoms with Gasteiger partial charge in [0.2, 0.25) is 11.0 Å². The first kappa shape index (κ1) is 25.0. The van der Waals surface area contributed by atoms with Gasteiger partial charge in [-0.2, -0.15) is 4.37 Å². The van der Waals surface area contributed by atoms with E-state index in [-0.39, 0.29) is 5.41 Å². The fraction of sp³-hybridized carbons (Fsp3) is 0.667. The third kappa shape index (κ3) is 5.56. The zero-order chi connectivity index (χ0) is 24.5. The lowest BCUT2D eigenvalue weighted by molar-refractivity contribution is -0.132. The quantitative estimate of drug-likeness (QED) is 0.466. The van der Waals surface area contributed by atoms with Crippen molar-refractivity contribution in [1.29, 1.82) is 0 Å². The summed E-state index contributed by atoms with van der Waals surface area (Å²) < 4.78 is 9.97. The number of hydrogen-bond acceptors (Lipinski definition) is 6. The molecule has 1 saturated carbocycles. The molecule has 1 aromatic heterocycles. The highest BCUT2D eigenvalue weighted by Gasteiger charge is 2.50. The standard InChI is InChI=1S/C27H40N4O2S/c1-7-19(2)30(25-28-23(29-34-25)14-20-9-8-10-22(13-20)33-6)12-11-24(32)31-18-27(5)16-21(31)15-26(3,4)17-27/h8-10,13,19,21H,7,11-12,14-18H2,1-6H3. The van der Waals surface area contributed by atoms with E-state index in [1.165, 1.54) is 18.0 Å². The number of nitrogens with zero attached hydrogens (tertiary/aromatic N) is 4. The molecule has 1 aromatic carbocycles. The van der Waals surface area contributed by atoms with Crippen molar-refractivity contribution < 1.29 is 9.53 Å². The van der Waals surface area contributed by atoms with Crippen molar-refractivity contribution in [2.24, 2.45) is 10.8 Å². The van der Waals surface area contributed by atoms with Crippen LogP contribution in [0.25, 0.3) is 0 Å². The van der Waals surface area contributed by atoms with E-state index in [0.717, 1.165) is 48.1 Å². The van der Waals surface area contributed by atoms with Gasteiger partial charge in [-0.15, -0.1) is 0 Å². The smallest absolute Gasteiger partial charge is 0.224 e. The van der Waals surface area contributed by atoms with E-state index in [1.54, 1.807) is 7.11 Å². The molecule has 3 atom stereocenters. The van der Waals surface area contributed by atoms with E-state index in [2.05, 4.69) is 54.9 Å². The second-order valence-electron chi connectivity index (χ2n) is 11.5. The van der Waals surface area contributed by atoms with Crippen molar-refractivity contribution in [2.45, 2.75) is 85.2 Å². The van der Waals surface area contributed by atoms with Gasteiger partial charge in [-0.05, 0) is 61.1 Å². The van der Waals surface area contributed by atoms with Gasteiger partial charge in [-0.3, -0.25) is 4.79 Å². The summed E-state index contributed by atoms with van der Waals surface area (Å²) in [6.45, 7) is 13.1. The Balaban J connectivity index is 1.42. The molecule has 7 heteroatoms.